The molecule has 0 spiro atoms. The minimum absolute atomic E-state index is 0.610. The molecule has 0 aliphatic rings. The Labute approximate surface area is 203 Å². The van der Waals surface area contributed by atoms with Gasteiger partial charge in [-0.1, -0.05) is 96.3 Å². The Bertz CT molecular complexity index is 1340. The molecule has 33 heavy (non-hydrogen) atoms. The van der Waals surface area contributed by atoms with Gasteiger partial charge in [-0.3, -0.25) is 0 Å². The van der Waals surface area contributed by atoms with Gasteiger partial charge in [0.25, 0.3) is 5.11 Å². The van der Waals surface area contributed by atoms with Gasteiger partial charge in [0.15, 0.2) is 5.69 Å². The maximum Gasteiger partial charge on any atom is 0.354 e. The molecule has 5 rings (SSSR count). The van der Waals surface area contributed by atoms with E-state index in [0.717, 1.165) is 33.5 Å². The molecule has 0 atom stereocenters. The smallest absolute Gasteiger partial charge is 0.313 e. The topological polar surface area (TPSA) is 19.1 Å². The van der Waals surface area contributed by atoms with Crippen molar-refractivity contribution >= 4 is 45.2 Å². The molecule has 0 saturated heterocycles. The third kappa shape index (κ3) is 4.55. The summed E-state index contributed by atoms with van der Waals surface area (Å²) in [4.78, 5) is 2.10. The van der Waals surface area contributed by atoms with Gasteiger partial charge in [-0.25, -0.2) is 0 Å². The van der Waals surface area contributed by atoms with E-state index in [2.05, 4.69) is 80.8 Å². The average Bonchev–Trinajstić information content (AvgIpc) is 3.31. The van der Waals surface area contributed by atoms with Crippen molar-refractivity contribution in [3.63, 3.8) is 0 Å². The third-order valence-electron chi connectivity index (χ3n) is 5.23. The first-order valence-electron chi connectivity index (χ1n) is 10.7. The Morgan fingerprint density at radius 2 is 1.24 bits per heavy atom. The van der Waals surface area contributed by atoms with Gasteiger partial charge >= 0.3 is 5.13 Å². The molecule has 4 aromatic carbocycles. The maximum atomic E-state index is 5.97. The number of nitrogens with one attached hydrogen (secondary N) is 1. The Morgan fingerprint density at radius 3 is 1.88 bits per heavy atom. The third-order valence-corrected chi connectivity index (χ3v) is 6.43. The fourth-order valence-corrected chi connectivity index (χ4v) is 5.13. The van der Waals surface area contributed by atoms with Gasteiger partial charge in [0.05, 0.1) is 0 Å². The first-order chi connectivity index (χ1) is 16.3. The molecule has 0 fully saturated rings. The molecule has 0 unspecified atom stereocenters. The maximum absolute atomic E-state index is 5.97. The van der Waals surface area contributed by atoms with Gasteiger partial charge in [-0.05, 0) is 48.6 Å². The fraction of sp³-hybridized carbons (Fsp3) is 0. The zero-order chi connectivity index (χ0) is 22.5. The summed E-state index contributed by atoms with van der Waals surface area (Å²) in [5.74, 6) is 0. The molecule has 1 N–H and O–H groups in total. The van der Waals surface area contributed by atoms with Crippen LogP contribution >= 0.6 is 23.6 Å². The van der Waals surface area contributed by atoms with Crippen molar-refractivity contribution in [1.29, 1.82) is 0 Å². The van der Waals surface area contributed by atoms with E-state index in [-0.39, 0.29) is 0 Å². The zero-order valence-electron chi connectivity index (χ0n) is 17.8. The van der Waals surface area contributed by atoms with Crippen LogP contribution in [0.2, 0.25) is 0 Å². The summed E-state index contributed by atoms with van der Waals surface area (Å²) in [6.07, 6.45) is 0. The number of benzene rings is 4. The number of aromatic nitrogens is 1. The lowest BCUT2D eigenvalue weighted by atomic mass is 10.1. The summed E-state index contributed by atoms with van der Waals surface area (Å²) in [6.45, 7) is 0. The lowest BCUT2D eigenvalue weighted by molar-refractivity contribution is -0.564. The summed E-state index contributed by atoms with van der Waals surface area (Å²) in [5, 5.41) is 7.22. The normalized spacial score (nSPS) is 10.5. The molecule has 0 saturated carbocycles. The lowest BCUT2D eigenvalue weighted by Gasteiger charge is -2.18. The van der Waals surface area contributed by atoms with Crippen LogP contribution in [0.5, 0.6) is 0 Å². The predicted octanol–water partition coefficient (Wildman–Crippen LogP) is 7.23. The molecule has 5 heteroatoms. The largest absolute Gasteiger partial charge is 0.354 e. The van der Waals surface area contributed by atoms with Crippen molar-refractivity contribution in [2.24, 2.45) is 0 Å². The van der Waals surface area contributed by atoms with Crippen molar-refractivity contribution in [2.45, 2.75) is 0 Å². The SMILES string of the molecule is S=C(Nc1ccccc1)N(c1ccccc1)c1scc(-c2ccccc2)[n+]1-c1ccccc1. The van der Waals surface area contributed by atoms with E-state index < -0.39 is 0 Å². The summed E-state index contributed by atoms with van der Waals surface area (Å²) in [7, 11) is 0. The van der Waals surface area contributed by atoms with E-state index in [4.69, 9.17) is 12.2 Å². The van der Waals surface area contributed by atoms with Crippen LogP contribution in [0.15, 0.2) is 127 Å². The fourth-order valence-electron chi connectivity index (χ4n) is 3.69. The Kier molecular flexibility index (Phi) is 6.24. The quantitative estimate of drug-likeness (QED) is 0.219. The predicted molar refractivity (Wildman–Crippen MR) is 143 cm³/mol. The molecule has 0 bridgehead atoms. The summed E-state index contributed by atoms with van der Waals surface area (Å²) < 4.78 is 2.27. The van der Waals surface area contributed by atoms with Gasteiger partial charge in [0.2, 0.25) is 0 Å². The van der Waals surface area contributed by atoms with Crippen LogP contribution in [0.1, 0.15) is 0 Å². The molecule has 160 valence electrons. The van der Waals surface area contributed by atoms with Crippen LogP contribution in [0, 0.1) is 0 Å². The number of anilines is 3. The molecule has 0 aliphatic carbocycles. The first kappa shape index (κ1) is 21.1. The summed E-state index contributed by atoms with van der Waals surface area (Å²) >= 11 is 7.63. The second-order valence-corrected chi connectivity index (χ2v) is 8.63. The van der Waals surface area contributed by atoms with Gasteiger partial charge in [0, 0.05) is 16.6 Å². The van der Waals surface area contributed by atoms with Crippen LogP contribution in [0.4, 0.5) is 16.5 Å². The van der Waals surface area contributed by atoms with Gasteiger partial charge in [-0.2, -0.15) is 9.47 Å². The molecule has 1 aromatic heterocycles. The van der Waals surface area contributed by atoms with Crippen molar-refractivity contribution in [3.8, 4) is 16.9 Å². The molecule has 1 heterocycles. The van der Waals surface area contributed by atoms with Crippen LogP contribution < -0.4 is 14.8 Å². The number of para-hydroxylation sites is 3. The number of hydrogen-bond acceptors (Lipinski definition) is 2. The monoisotopic (exact) mass is 464 g/mol. The summed E-state index contributed by atoms with van der Waals surface area (Å²) in [6, 6.07) is 41.1. The van der Waals surface area contributed by atoms with Crippen molar-refractivity contribution < 1.29 is 4.57 Å². The van der Waals surface area contributed by atoms with Gasteiger partial charge in [-0.15, -0.1) is 0 Å². The van der Waals surface area contributed by atoms with E-state index in [1.807, 2.05) is 60.7 Å². The van der Waals surface area contributed by atoms with E-state index in [0.29, 0.717) is 5.11 Å². The van der Waals surface area contributed by atoms with Crippen molar-refractivity contribution in [3.05, 3.63) is 127 Å². The van der Waals surface area contributed by atoms with Crippen LogP contribution in [-0.2, 0) is 0 Å². The Balaban J connectivity index is 1.68. The second kappa shape index (κ2) is 9.77. The van der Waals surface area contributed by atoms with Crippen molar-refractivity contribution in [2.75, 3.05) is 10.2 Å². The molecule has 0 radical (unpaired) electrons. The second-order valence-electron chi connectivity index (χ2n) is 7.41. The Hall–Kier alpha value is -3.80. The highest BCUT2D eigenvalue weighted by Gasteiger charge is 2.32. The van der Waals surface area contributed by atoms with Crippen LogP contribution in [0.3, 0.4) is 0 Å². The molecule has 3 nitrogen and oxygen atoms in total. The van der Waals surface area contributed by atoms with Gasteiger partial charge in [0.1, 0.15) is 11.4 Å². The Morgan fingerprint density at radius 1 is 0.697 bits per heavy atom. The lowest BCUT2D eigenvalue weighted by Crippen LogP contribution is -2.41. The minimum Gasteiger partial charge on any atom is -0.313 e. The first-order valence-corrected chi connectivity index (χ1v) is 12.0. The average molecular weight is 465 g/mol. The van der Waals surface area contributed by atoms with Crippen LogP contribution in [-0.4, -0.2) is 5.11 Å². The molecule has 0 amide bonds. The molecular weight excluding hydrogens is 442 g/mol. The number of thiazole rings is 1. The molecule has 5 aromatic rings. The number of rotatable bonds is 5. The summed E-state index contributed by atoms with van der Waals surface area (Å²) in [5.41, 5.74) is 5.30. The highest BCUT2D eigenvalue weighted by Crippen LogP contribution is 2.33. The van der Waals surface area contributed by atoms with E-state index in [9.17, 15) is 0 Å². The van der Waals surface area contributed by atoms with Gasteiger partial charge < -0.3 is 5.32 Å². The van der Waals surface area contributed by atoms with E-state index in [1.165, 1.54) is 0 Å². The number of nitrogens with zero attached hydrogens (tertiary/aromatic N) is 2. The zero-order valence-corrected chi connectivity index (χ0v) is 19.5. The minimum atomic E-state index is 0.610. The standard InChI is InChI=1S/C28H21N3S2/c32-27(29-23-15-7-2-8-16-23)31(25-19-11-4-12-20-25)28-30(24-17-9-3-10-18-24)26(21-33-28)22-13-5-1-6-14-22/h1-21H/p+1. The number of thiocarbonyl (C=S) groups is 1. The highest BCUT2D eigenvalue weighted by atomic mass is 32.1. The van der Waals surface area contributed by atoms with E-state index >= 15 is 0 Å². The number of hydrogen-bond donors (Lipinski definition) is 1. The van der Waals surface area contributed by atoms with Crippen molar-refractivity contribution in [1.82, 2.24) is 0 Å². The highest BCUT2D eigenvalue weighted by molar-refractivity contribution is 7.80. The molecule has 0 aliphatic heterocycles. The van der Waals surface area contributed by atoms with E-state index in [1.54, 1.807) is 11.3 Å². The van der Waals surface area contributed by atoms with Crippen LogP contribution in [0.25, 0.3) is 16.9 Å². The molecular formula is C28H22N3S2+.